The van der Waals surface area contributed by atoms with Crippen LogP contribution in [-0.4, -0.2) is 42.1 Å². The molecule has 4 nitrogen and oxygen atoms in total. The molecule has 0 aromatic carbocycles. The van der Waals surface area contributed by atoms with Crippen LogP contribution in [0.2, 0.25) is 0 Å². The maximum atomic E-state index is 5.25. The zero-order valence-corrected chi connectivity index (χ0v) is 8.75. The van der Waals surface area contributed by atoms with Crippen molar-refractivity contribution in [1.82, 2.24) is 14.9 Å². The normalized spacial score (nSPS) is 9.62. The van der Waals surface area contributed by atoms with E-state index in [9.17, 15) is 0 Å². The quantitative estimate of drug-likeness (QED) is 0.724. The maximum absolute atomic E-state index is 5.25. The predicted octanol–water partition coefficient (Wildman–Crippen LogP) is 0.615. The summed E-state index contributed by atoms with van der Waals surface area (Å²) < 4.78 is 0. The lowest BCUT2D eigenvalue weighted by Crippen LogP contribution is -2.16. The van der Waals surface area contributed by atoms with Gasteiger partial charge in [0.25, 0.3) is 0 Å². The van der Waals surface area contributed by atoms with E-state index in [1.807, 2.05) is 6.92 Å². The zero-order chi connectivity index (χ0) is 10.1. The van der Waals surface area contributed by atoms with Crippen molar-refractivity contribution in [2.24, 2.45) is 5.73 Å². The molecular formula is C9H20N4. The van der Waals surface area contributed by atoms with Crippen molar-refractivity contribution in [3.8, 4) is 0 Å². The van der Waals surface area contributed by atoms with Crippen LogP contribution in [0.25, 0.3) is 0 Å². The van der Waals surface area contributed by atoms with Crippen molar-refractivity contribution in [3.63, 3.8) is 0 Å². The Morgan fingerprint density at radius 1 is 1.54 bits per heavy atom. The molecule has 0 amide bonds. The minimum atomic E-state index is 0.804. The van der Waals surface area contributed by atoms with Gasteiger partial charge >= 0.3 is 0 Å². The molecule has 0 aliphatic heterocycles. The number of aryl methyl sites for hydroxylation is 1. The molecular weight excluding hydrogens is 164 g/mol. The van der Waals surface area contributed by atoms with E-state index in [0.29, 0.717) is 0 Å². The minimum absolute atomic E-state index is 0.804. The van der Waals surface area contributed by atoms with Gasteiger partial charge in [0, 0.05) is 12.4 Å². The lowest BCUT2D eigenvalue weighted by Gasteiger charge is -2.05. The first-order valence-corrected chi connectivity index (χ1v) is 4.47. The molecule has 0 radical (unpaired) electrons. The minimum Gasteiger partial charge on any atom is -0.349 e. The maximum Gasteiger partial charge on any atom is 0.102 e. The molecule has 76 valence electrons. The van der Waals surface area contributed by atoms with Crippen LogP contribution in [0.15, 0.2) is 12.4 Å². The molecule has 0 fully saturated rings. The number of imidazole rings is 1. The monoisotopic (exact) mass is 184 g/mol. The number of hydrogen-bond donors (Lipinski definition) is 2. The van der Waals surface area contributed by atoms with Gasteiger partial charge in [0.15, 0.2) is 0 Å². The van der Waals surface area contributed by atoms with Crippen molar-refractivity contribution < 1.29 is 0 Å². The summed E-state index contributed by atoms with van der Waals surface area (Å²) in [4.78, 5) is 8.88. The van der Waals surface area contributed by atoms with Crippen molar-refractivity contribution >= 4 is 0 Å². The summed E-state index contributed by atoms with van der Waals surface area (Å²) in [5, 5.41) is 0. The number of nitrogens with zero attached hydrogens (tertiary/aromatic N) is 2. The van der Waals surface area contributed by atoms with E-state index in [0.717, 1.165) is 25.3 Å². The third kappa shape index (κ3) is 9.04. The lowest BCUT2D eigenvalue weighted by atomic mass is 10.4. The fraction of sp³-hybridized carbons (Fsp3) is 0.667. The Bertz CT molecular complexity index is 182. The van der Waals surface area contributed by atoms with Gasteiger partial charge in [-0.1, -0.05) is 0 Å². The number of hydrogen-bond acceptors (Lipinski definition) is 3. The van der Waals surface area contributed by atoms with Crippen molar-refractivity contribution in [2.75, 3.05) is 27.2 Å². The molecule has 1 heterocycles. The average molecular weight is 184 g/mol. The molecule has 13 heavy (non-hydrogen) atoms. The average Bonchev–Trinajstić information content (AvgIpc) is 2.53. The number of aromatic amines is 1. The summed E-state index contributed by atoms with van der Waals surface area (Å²) in [6.45, 7) is 3.83. The van der Waals surface area contributed by atoms with Crippen molar-refractivity contribution in [2.45, 2.75) is 13.3 Å². The second kappa shape index (κ2) is 7.76. The number of nitrogens with two attached hydrogens (primary N) is 1. The Labute approximate surface area is 80.2 Å². The highest BCUT2D eigenvalue weighted by Gasteiger charge is 1.83. The smallest absolute Gasteiger partial charge is 0.102 e. The first-order chi connectivity index (χ1) is 6.16. The predicted molar refractivity (Wildman–Crippen MR) is 55.6 cm³/mol. The Kier molecular flexibility index (Phi) is 7.24. The second-order valence-electron chi connectivity index (χ2n) is 3.12. The van der Waals surface area contributed by atoms with Gasteiger partial charge in [-0.05, 0) is 40.5 Å². The van der Waals surface area contributed by atoms with E-state index in [1.165, 1.54) is 0 Å². The summed E-state index contributed by atoms with van der Waals surface area (Å²) in [6.07, 6.45) is 4.64. The van der Waals surface area contributed by atoms with E-state index in [2.05, 4.69) is 29.0 Å². The number of nitrogens with one attached hydrogen (secondary N) is 1. The van der Waals surface area contributed by atoms with Gasteiger partial charge < -0.3 is 15.6 Å². The molecule has 0 spiro atoms. The molecule has 1 aromatic heterocycles. The molecule has 0 saturated carbocycles. The van der Waals surface area contributed by atoms with Gasteiger partial charge in [-0.3, -0.25) is 0 Å². The van der Waals surface area contributed by atoms with Crippen LogP contribution in [0.4, 0.5) is 0 Å². The fourth-order valence-corrected chi connectivity index (χ4v) is 0.752. The standard InChI is InChI=1S/C5H14N2.C4H6N2/c1-7(2)5-3-4-6;1-4-5-2-3-6-4/h3-6H2,1-2H3;2-3H,1H3,(H,5,6). The van der Waals surface area contributed by atoms with Crippen LogP contribution in [0.1, 0.15) is 12.2 Å². The number of H-pyrrole nitrogens is 1. The molecule has 4 heteroatoms. The largest absolute Gasteiger partial charge is 0.349 e. The third-order valence-electron chi connectivity index (χ3n) is 1.44. The molecule has 1 aromatic rings. The number of rotatable bonds is 3. The second-order valence-corrected chi connectivity index (χ2v) is 3.12. The Morgan fingerprint density at radius 2 is 2.23 bits per heavy atom. The third-order valence-corrected chi connectivity index (χ3v) is 1.44. The summed E-state index contributed by atoms with van der Waals surface area (Å²) in [5.41, 5.74) is 5.25. The van der Waals surface area contributed by atoms with E-state index in [4.69, 9.17) is 5.73 Å². The molecule has 0 aliphatic rings. The lowest BCUT2D eigenvalue weighted by molar-refractivity contribution is 0.403. The number of aromatic nitrogens is 2. The van der Waals surface area contributed by atoms with Gasteiger partial charge in [0.1, 0.15) is 5.82 Å². The fourth-order valence-electron chi connectivity index (χ4n) is 0.752. The van der Waals surface area contributed by atoms with Gasteiger partial charge in [0.05, 0.1) is 0 Å². The molecule has 0 atom stereocenters. The summed E-state index contributed by atoms with van der Waals surface area (Å²) in [6, 6.07) is 0. The molecule has 0 aliphatic carbocycles. The first-order valence-electron chi connectivity index (χ1n) is 4.47. The Morgan fingerprint density at radius 3 is 2.38 bits per heavy atom. The van der Waals surface area contributed by atoms with Crippen LogP contribution in [0.5, 0.6) is 0 Å². The summed E-state index contributed by atoms with van der Waals surface area (Å²) >= 11 is 0. The topological polar surface area (TPSA) is 57.9 Å². The van der Waals surface area contributed by atoms with E-state index in [1.54, 1.807) is 12.4 Å². The molecule has 3 N–H and O–H groups in total. The first kappa shape index (κ1) is 12.1. The SMILES string of the molecule is CN(C)CCCN.Cc1ncc[nH]1. The molecule has 1 rings (SSSR count). The summed E-state index contributed by atoms with van der Waals surface area (Å²) in [5.74, 6) is 0.968. The van der Waals surface area contributed by atoms with Crippen molar-refractivity contribution in [3.05, 3.63) is 18.2 Å². The van der Waals surface area contributed by atoms with Crippen molar-refractivity contribution in [1.29, 1.82) is 0 Å². The van der Waals surface area contributed by atoms with Crippen LogP contribution in [-0.2, 0) is 0 Å². The van der Waals surface area contributed by atoms with Crippen LogP contribution in [0, 0.1) is 6.92 Å². The van der Waals surface area contributed by atoms with Gasteiger partial charge in [0.2, 0.25) is 0 Å². The molecule has 0 saturated heterocycles. The Balaban J connectivity index is 0.000000223. The Hall–Kier alpha value is -0.870. The van der Waals surface area contributed by atoms with Gasteiger partial charge in [-0.2, -0.15) is 0 Å². The van der Waals surface area contributed by atoms with Gasteiger partial charge in [-0.25, -0.2) is 4.98 Å². The highest BCUT2D eigenvalue weighted by molar-refractivity contribution is 4.80. The summed E-state index contributed by atoms with van der Waals surface area (Å²) in [7, 11) is 4.10. The molecule has 0 unspecified atom stereocenters. The van der Waals surface area contributed by atoms with E-state index >= 15 is 0 Å². The van der Waals surface area contributed by atoms with Gasteiger partial charge in [-0.15, -0.1) is 0 Å². The highest BCUT2D eigenvalue weighted by atomic mass is 15.0. The van der Waals surface area contributed by atoms with Crippen LogP contribution < -0.4 is 5.73 Å². The van der Waals surface area contributed by atoms with Crippen LogP contribution >= 0.6 is 0 Å². The van der Waals surface area contributed by atoms with E-state index < -0.39 is 0 Å². The zero-order valence-electron chi connectivity index (χ0n) is 8.75. The molecule has 0 bridgehead atoms. The van der Waals surface area contributed by atoms with E-state index in [-0.39, 0.29) is 0 Å². The van der Waals surface area contributed by atoms with Crippen LogP contribution in [0.3, 0.4) is 0 Å². The highest BCUT2D eigenvalue weighted by Crippen LogP contribution is 1.78.